The van der Waals surface area contributed by atoms with Crippen molar-refractivity contribution in [3.63, 3.8) is 0 Å². The molecule has 0 aliphatic carbocycles. The molecule has 0 fully saturated rings. The van der Waals surface area contributed by atoms with E-state index in [2.05, 4.69) is 10.6 Å². The van der Waals surface area contributed by atoms with Crippen molar-refractivity contribution in [1.29, 1.82) is 5.26 Å². The smallest absolute Gasteiger partial charge is 0.308 e. The molecule has 0 saturated heterocycles. The number of urea groups is 1. The predicted molar refractivity (Wildman–Crippen MR) is 75.2 cm³/mol. The second-order valence-electron chi connectivity index (χ2n) is 4.34. The summed E-state index contributed by atoms with van der Waals surface area (Å²) in [6.07, 6.45) is -4.41. The maximum atomic E-state index is 12.4. The molecule has 112 valence electrons. The van der Waals surface area contributed by atoms with E-state index in [4.69, 9.17) is 5.26 Å². The van der Waals surface area contributed by atoms with Crippen LogP contribution in [0.25, 0.3) is 0 Å². The Hall–Kier alpha value is -3.01. The molecule has 0 atom stereocenters. The minimum Gasteiger partial charge on any atom is -0.308 e. The highest BCUT2D eigenvalue weighted by Gasteiger charge is 2.29. The Morgan fingerprint density at radius 3 is 1.77 bits per heavy atom. The van der Waals surface area contributed by atoms with Crippen LogP contribution in [0.2, 0.25) is 0 Å². The SMILES string of the molecule is N#Cc1ccc(NC(=O)Nc2ccc(C(F)(F)F)cc2)cc1. The van der Waals surface area contributed by atoms with Crippen LogP contribution < -0.4 is 10.6 Å². The zero-order chi connectivity index (χ0) is 16.2. The van der Waals surface area contributed by atoms with Gasteiger partial charge in [-0.1, -0.05) is 0 Å². The van der Waals surface area contributed by atoms with Gasteiger partial charge in [0.25, 0.3) is 0 Å². The summed E-state index contributed by atoms with van der Waals surface area (Å²) in [7, 11) is 0. The van der Waals surface area contributed by atoms with Gasteiger partial charge in [0.05, 0.1) is 17.2 Å². The topological polar surface area (TPSA) is 64.9 Å². The van der Waals surface area contributed by atoms with E-state index in [1.54, 1.807) is 12.1 Å². The first kappa shape index (κ1) is 15.4. The summed E-state index contributed by atoms with van der Waals surface area (Å²) >= 11 is 0. The molecule has 4 nitrogen and oxygen atoms in total. The number of hydrogen-bond donors (Lipinski definition) is 2. The zero-order valence-electron chi connectivity index (χ0n) is 11.1. The van der Waals surface area contributed by atoms with Crippen LogP contribution in [-0.4, -0.2) is 6.03 Å². The Balaban J connectivity index is 1.98. The van der Waals surface area contributed by atoms with Gasteiger partial charge in [-0.25, -0.2) is 4.79 Å². The highest BCUT2D eigenvalue weighted by atomic mass is 19.4. The number of nitrogens with zero attached hydrogens (tertiary/aromatic N) is 1. The van der Waals surface area contributed by atoms with Gasteiger partial charge in [-0.2, -0.15) is 18.4 Å². The van der Waals surface area contributed by atoms with Crippen LogP contribution in [0.15, 0.2) is 48.5 Å². The summed E-state index contributed by atoms with van der Waals surface area (Å²) < 4.78 is 37.2. The van der Waals surface area contributed by atoms with Gasteiger partial charge in [-0.15, -0.1) is 0 Å². The molecule has 7 heteroatoms. The summed E-state index contributed by atoms with van der Waals surface area (Å²) in [5.41, 5.74) is 0.363. The summed E-state index contributed by atoms with van der Waals surface area (Å²) in [6, 6.07) is 11.6. The molecule has 0 aliphatic heterocycles. The van der Waals surface area contributed by atoms with Crippen LogP contribution in [0.3, 0.4) is 0 Å². The van der Waals surface area contributed by atoms with Crippen LogP contribution in [0.1, 0.15) is 11.1 Å². The van der Waals surface area contributed by atoms with E-state index in [9.17, 15) is 18.0 Å². The predicted octanol–water partition coefficient (Wildman–Crippen LogP) is 4.22. The van der Waals surface area contributed by atoms with Gasteiger partial charge < -0.3 is 10.6 Å². The van der Waals surface area contributed by atoms with Gasteiger partial charge >= 0.3 is 12.2 Å². The van der Waals surface area contributed by atoms with Crippen LogP contribution in [0.5, 0.6) is 0 Å². The van der Waals surface area contributed by atoms with Crippen molar-refractivity contribution in [3.8, 4) is 6.07 Å². The lowest BCUT2D eigenvalue weighted by atomic mass is 10.2. The minimum absolute atomic E-state index is 0.235. The summed E-state index contributed by atoms with van der Waals surface area (Å²) in [5.74, 6) is 0. The summed E-state index contributed by atoms with van der Waals surface area (Å²) in [5, 5.41) is 13.6. The molecule has 2 rings (SSSR count). The molecule has 0 aliphatic rings. The fourth-order valence-electron chi connectivity index (χ4n) is 1.66. The molecule has 2 N–H and O–H groups in total. The third-order valence-corrected chi connectivity index (χ3v) is 2.74. The van der Waals surface area contributed by atoms with Crippen LogP contribution in [0, 0.1) is 11.3 Å². The number of halogens is 3. The molecule has 0 saturated carbocycles. The van der Waals surface area contributed by atoms with E-state index in [-0.39, 0.29) is 5.69 Å². The lowest BCUT2D eigenvalue weighted by molar-refractivity contribution is -0.137. The number of nitrogens with one attached hydrogen (secondary N) is 2. The lowest BCUT2D eigenvalue weighted by Gasteiger charge is -2.10. The van der Waals surface area contributed by atoms with Crippen LogP contribution in [-0.2, 0) is 6.18 Å². The Bertz CT molecular complexity index is 701. The molecule has 0 unspecified atom stereocenters. The molecular formula is C15H10F3N3O. The lowest BCUT2D eigenvalue weighted by Crippen LogP contribution is -2.19. The standard InChI is InChI=1S/C15H10F3N3O/c16-15(17,18)11-3-7-13(8-4-11)21-14(22)20-12-5-1-10(9-19)2-6-12/h1-8H,(H2,20,21,22). The summed E-state index contributed by atoms with van der Waals surface area (Å²) in [6.45, 7) is 0. The molecule has 2 aromatic carbocycles. The van der Waals surface area contributed by atoms with Crippen LogP contribution >= 0.6 is 0 Å². The van der Waals surface area contributed by atoms with Crippen LogP contribution in [0.4, 0.5) is 29.3 Å². The number of amides is 2. The summed E-state index contributed by atoms with van der Waals surface area (Å²) in [4.78, 5) is 11.7. The normalized spacial score (nSPS) is 10.6. The third-order valence-electron chi connectivity index (χ3n) is 2.74. The average Bonchev–Trinajstić information content (AvgIpc) is 2.47. The maximum Gasteiger partial charge on any atom is 0.416 e. The van der Waals surface area contributed by atoms with Crippen molar-refractivity contribution in [2.45, 2.75) is 6.18 Å². The molecule has 0 radical (unpaired) electrons. The molecular weight excluding hydrogens is 295 g/mol. The molecule has 2 aromatic rings. The van der Waals surface area contributed by atoms with E-state index >= 15 is 0 Å². The quantitative estimate of drug-likeness (QED) is 0.872. The Morgan fingerprint density at radius 2 is 1.36 bits per heavy atom. The van der Waals surface area contributed by atoms with E-state index < -0.39 is 17.8 Å². The average molecular weight is 305 g/mol. The Kier molecular flexibility index (Phi) is 4.32. The monoisotopic (exact) mass is 305 g/mol. The van der Waals surface area contributed by atoms with Gasteiger partial charge in [0.2, 0.25) is 0 Å². The molecule has 22 heavy (non-hydrogen) atoms. The number of anilines is 2. The molecule has 2 amide bonds. The molecule has 0 spiro atoms. The molecule has 0 heterocycles. The molecule has 0 bridgehead atoms. The number of nitriles is 1. The number of alkyl halides is 3. The first-order valence-electron chi connectivity index (χ1n) is 6.14. The first-order chi connectivity index (χ1) is 10.4. The van der Waals surface area contributed by atoms with Crippen molar-refractivity contribution in [1.82, 2.24) is 0 Å². The fraction of sp³-hybridized carbons (Fsp3) is 0.0667. The number of carbonyl (C=O) groups is 1. The second-order valence-corrected chi connectivity index (χ2v) is 4.34. The van der Waals surface area contributed by atoms with E-state index in [1.807, 2.05) is 6.07 Å². The zero-order valence-corrected chi connectivity index (χ0v) is 11.1. The Morgan fingerprint density at radius 1 is 0.909 bits per heavy atom. The largest absolute Gasteiger partial charge is 0.416 e. The number of hydrogen-bond acceptors (Lipinski definition) is 2. The van der Waals surface area contributed by atoms with Crippen molar-refractivity contribution < 1.29 is 18.0 Å². The number of carbonyl (C=O) groups excluding carboxylic acids is 1. The van der Waals surface area contributed by atoms with E-state index in [0.29, 0.717) is 11.3 Å². The fourth-order valence-corrected chi connectivity index (χ4v) is 1.66. The molecule has 0 aromatic heterocycles. The maximum absolute atomic E-state index is 12.4. The van der Waals surface area contributed by atoms with Gasteiger partial charge in [0.15, 0.2) is 0 Å². The van der Waals surface area contributed by atoms with Gasteiger partial charge in [-0.05, 0) is 48.5 Å². The van der Waals surface area contributed by atoms with E-state index in [1.165, 1.54) is 24.3 Å². The second kappa shape index (κ2) is 6.18. The van der Waals surface area contributed by atoms with Gasteiger partial charge in [-0.3, -0.25) is 0 Å². The van der Waals surface area contributed by atoms with Gasteiger partial charge in [0.1, 0.15) is 0 Å². The van der Waals surface area contributed by atoms with Gasteiger partial charge in [0, 0.05) is 11.4 Å². The highest BCUT2D eigenvalue weighted by molar-refractivity contribution is 5.99. The van der Waals surface area contributed by atoms with Crippen molar-refractivity contribution >= 4 is 17.4 Å². The Labute approximate surface area is 124 Å². The van der Waals surface area contributed by atoms with E-state index in [0.717, 1.165) is 12.1 Å². The highest BCUT2D eigenvalue weighted by Crippen LogP contribution is 2.29. The van der Waals surface area contributed by atoms with Crippen molar-refractivity contribution in [3.05, 3.63) is 59.7 Å². The third kappa shape index (κ3) is 3.99. The number of rotatable bonds is 2. The number of benzene rings is 2. The minimum atomic E-state index is -4.41. The van der Waals surface area contributed by atoms with Crippen molar-refractivity contribution in [2.75, 3.05) is 10.6 Å². The first-order valence-corrected chi connectivity index (χ1v) is 6.14. The van der Waals surface area contributed by atoms with Crippen molar-refractivity contribution in [2.24, 2.45) is 0 Å².